The maximum absolute atomic E-state index is 5.72. The Bertz CT molecular complexity index is 729. The molecule has 3 aromatic rings. The highest BCUT2D eigenvalue weighted by atomic mass is 15.1. The second-order valence-electron chi connectivity index (χ2n) is 5.29. The Morgan fingerprint density at radius 3 is 2.52 bits per heavy atom. The summed E-state index contributed by atoms with van der Waals surface area (Å²) in [6.07, 6.45) is 1.98. The van der Waals surface area contributed by atoms with Gasteiger partial charge < -0.3 is 10.3 Å². The zero-order valence-electron chi connectivity index (χ0n) is 12.4. The van der Waals surface area contributed by atoms with Crippen LogP contribution in [0.25, 0.3) is 11.0 Å². The average Bonchev–Trinajstić information content (AvgIpc) is 2.90. The molecular weight excluding hydrogens is 258 g/mol. The zero-order valence-corrected chi connectivity index (χ0v) is 12.4. The number of nitrogens with two attached hydrogens (primary N) is 1. The lowest BCUT2D eigenvalue weighted by molar-refractivity contribution is 0.707. The molecule has 0 atom stereocenters. The van der Waals surface area contributed by atoms with Gasteiger partial charge in [0.2, 0.25) is 0 Å². The summed E-state index contributed by atoms with van der Waals surface area (Å²) in [4.78, 5) is 4.81. The lowest BCUT2D eigenvalue weighted by Gasteiger charge is -2.06. The molecule has 0 radical (unpaired) electrons. The first-order valence-corrected chi connectivity index (χ1v) is 7.54. The van der Waals surface area contributed by atoms with E-state index in [9.17, 15) is 0 Å². The predicted octanol–water partition coefficient (Wildman–Crippen LogP) is 3.30. The lowest BCUT2D eigenvalue weighted by Crippen LogP contribution is -2.03. The Hall–Kier alpha value is -2.13. The van der Waals surface area contributed by atoms with Gasteiger partial charge in [-0.3, -0.25) is 0 Å². The first kappa shape index (κ1) is 13.8. The molecule has 0 unspecified atom stereocenters. The molecule has 0 aliphatic heterocycles. The number of imidazole rings is 1. The molecule has 3 heteroatoms. The van der Waals surface area contributed by atoms with E-state index >= 15 is 0 Å². The largest absolute Gasteiger partial charge is 0.328 e. The molecule has 0 bridgehead atoms. The van der Waals surface area contributed by atoms with Gasteiger partial charge in [-0.05, 0) is 36.6 Å². The molecule has 2 N–H and O–H groups in total. The fourth-order valence-corrected chi connectivity index (χ4v) is 2.80. The Balaban J connectivity index is 1.90. The van der Waals surface area contributed by atoms with Gasteiger partial charge in [0.05, 0.1) is 11.0 Å². The van der Waals surface area contributed by atoms with Crippen LogP contribution in [0.4, 0.5) is 0 Å². The Kier molecular flexibility index (Phi) is 4.02. The van der Waals surface area contributed by atoms with Crippen LogP contribution in [0.2, 0.25) is 0 Å². The first-order valence-electron chi connectivity index (χ1n) is 7.54. The number of aromatic nitrogens is 2. The fourth-order valence-electron chi connectivity index (χ4n) is 2.80. The van der Waals surface area contributed by atoms with Crippen LogP contribution in [0.1, 0.15) is 23.9 Å². The summed E-state index contributed by atoms with van der Waals surface area (Å²) in [5.41, 5.74) is 10.5. The molecule has 0 spiro atoms. The lowest BCUT2D eigenvalue weighted by atomic mass is 10.1. The van der Waals surface area contributed by atoms with E-state index in [2.05, 4.69) is 60.0 Å². The van der Waals surface area contributed by atoms with Crippen molar-refractivity contribution >= 4 is 11.0 Å². The van der Waals surface area contributed by atoms with Crippen LogP contribution in [0, 0.1) is 0 Å². The SMILES string of the molecule is CCn1c(CCc2ccccc2)nc2cc(CN)ccc21. The topological polar surface area (TPSA) is 43.8 Å². The number of benzene rings is 2. The Morgan fingerprint density at radius 2 is 1.81 bits per heavy atom. The third kappa shape index (κ3) is 2.83. The van der Waals surface area contributed by atoms with Gasteiger partial charge in [-0.15, -0.1) is 0 Å². The van der Waals surface area contributed by atoms with E-state index in [1.165, 1.54) is 11.1 Å². The number of nitrogens with zero attached hydrogens (tertiary/aromatic N) is 2. The van der Waals surface area contributed by atoms with Gasteiger partial charge in [0.25, 0.3) is 0 Å². The van der Waals surface area contributed by atoms with Crippen molar-refractivity contribution in [1.82, 2.24) is 9.55 Å². The second-order valence-corrected chi connectivity index (χ2v) is 5.29. The molecular formula is C18H21N3. The van der Waals surface area contributed by atoms with E-state index in [4.69, 9.17) is 10.7 Å². The smallest absolute Gasteiger partial charge is 0.110 e. The maximum atomic E-state index is 5.72. The van der Waals surface area contributed by atoms with Gasteiger partial charge >= 0.3 is 0 Å². The minimum atomic E-state index is 0.564. The van der Waals surface area contributed by atoms with Crippen LogP contribution in [0.5, 0.6) is 0 Å². The van der Waals surface area contributed by atoms with E-state index in [1.54, 1.807) is 0 Å². The maximum Gasteiger partial charge on any atom is 0.110 e. The molecule has 108 valence electrons. The summed E-state index contributed by atoms with van der Waals surface area (Å²) in [5.74, 6) is 1.16. The summed E-state index contributed by atoms with van der Waals surface area (Å²) < 4.78 is 2.30. The molecule has 0 amide bonds. The second kappa shape index (κ2) is 6.10. The molecule has 1 heterocycles. The normalized spacial score (nSPS) is 11.1. The quantitative estimate of drug-likeness (QED) is 0.778. The minimum absolute atomic E-state index is 0.564. The van der Waals surface area contributed by atoms with Crippen LogP contribution < -0.4 is 5.73 Å². The molecule has 0 saturated heterocycles. The Morgan fingerprint density at radius 1 is 1.00 bits per heavy atom. The number of rotatable bonds is 5. The molecule has 21 heavy (non-hydrogen) atoms. The van der Waals surface area contributed by atoms with Crippen LogP contribution >= 0.6 is 0 Å². The average molecular weight is 279 g/mol. The van der Waals surface area contributed by atoms with Crippen LogP contribution in [-0.4, -0.2) is 9.55 Å². The molecule has 1 aromatic heterocycles. The minimum Gasteiger partial charge on any atom is -0.328 e. The molecule has 0 aliphatic carbocycles. The van der Waals surface area contributed by atoms with Gasteiger partial charge in [-0.1, -0.05) is 36.4 Å². The summed E-state index contributed by atoms with van der Waals surface area (Å²) in [7, 11) is 0. The standard InChI is InChI=1S/C18H21N3/c1-2-21-17-10-8-15(13-19)12-16(17)20-18(21)11-9-14-6-4-3-5-7-14/h3-8,10,12H,2,9,11,13,19H2,1H3. The van der Waals surface area contributed by atoms with Crippen molar-refractivity contribution in [2.24, 2.45) is 5.73 Å². The van der Waals surface area contributed by atoms with Gasteiger partial charge in [-0.2, -0.15) is 0 Å². The van der Waals surface area contributed by atoms with E-state index in [0.29, 0.717) is 6.54 Å². The highest BCUT2D eigenvalue weighted by molar-refractivity contribution is 5.77. The summed E-state index contributed by atoms with van der Waals surface area (Å²) in [5, 5.41) is 0. The van der Waals surface area contributed by atoms with Gasteiger partial charge in [-0.25, -0.2) is 4.98 Å². The molecule has 2 aromatic carbocycles. The van der Waals surface area contributed by atoms with Crippen molar-refractivity contribution < 1.29 is 0 Å². The highest BCUT2D eigenvalue weighted by Gasteiger charge is 2.10. The third-order valence-electron chi connectivity index (χ3n) is 3.92. The highest BCUT2D eigenvalue weighted by Crippen LogP contribution is 2.19. The summed E-state index contributed by atoms with van der Waals surface area (Å²) in [6, 6.07) is 16.9. The van der Waals surface area contributed by atoms with Crippen molar-refractivity contribution in [3.63, 3.8) is 0 Å². The van der Waals surface area contributed by atoms with Gasteiger partial charge in [0, 0.05) is 19.5 Å². The van der Waals surface area contributed by atoms with Gasteiger partial charge in [0.1, 0.15) is 5.82 Å². The molecule has 3 rings (SSSR count). The van der Waals surface area contributed by atoms with Crippen LogP contribution in [0.15, 0.2) is 48.5 Å². The van der Waals surface area contributed by atoms with E-state index in [0.717, 1.165) is 36.3 Å². The number of fused-ring (bicyclic) bond motifs is 1. The monoisotopic (exact) mass is 279 g/mol. The van der Waals surface area contributed by atoms with E-state index in [-0.39, 0.29) is 0 Å². The van der Waals surface area contributed by atoms with Crippen LogP contribution in [-0.2, 0) is 25.9 Å². The van der Waals surface area contributed by atoms with Crippen molar-refractivity contribution in [3.05, 3.63) is 65.5 Å². The third-order valence-corrected chi connectivity index (χ3v) is 3.92. The molecule has 3 nitrogen and oxygen atoms in total. The number of hydrogen-bond donors (Lipinski definition) is 1. The number of hydrogen-bond acceptors (Lipinski definition) is 2. The van der Waals surface area contributed by atoms with Crippen molar-refractivity contribution in [2.45, 2.75) is 32.9 Å². The molecule has 0 fully saturated rings. The summed E-state index contributed by atoms with van der Waals surface area (Å²) in [6.45, 7) is 3.68. The van der Waals surface area contributed by atoms with Crippen LogP contribution in [0.3, 0.4) is 0 Å². The van der Waals surface area contributed by atoms with E-state index in [1.807, 2.05) is 0 Å². The summed E-state index contributed by atoms with van der Waals surface area (Å²) >= 11 is 0. The number of aryl methyl sites for hydroxylation is 3. The Labute approximate surface area is 125 Å². The van der Waals surface area contributed by atoms with E-state index < -0.39 is 0 Å². The van der Waals surface area contributed by atoms with Crippen molar-refractivity contribution in [2.75, 3.05) is 0 Å². The predicted molar refractivity (Wildman–Crippen MR) is 87.1 cm³/mol. The molecule has 0 saturated carbocycles. The van der Waals surface area contributed by atoms with Gasteiger partial charge in [0.15, 0.2) is 0 Å². The molecule has 0 aliphatic rings. The fraction of sp³-hybridized carbons (Fsp3) is 0.278. The zero-order chi connectivity index (χ0) is 14.7. The first-order chi connectivity index (χ1) is 10.3. The van der Waals surface area contributed by atoms with Crippen molar-refractivity contribution in [1.29, 1.82) is 0 Å². The van der Waals surface area contributed by atoms with Crippen molar-refractivity contribution in [3.8, 4) is 0 Å².